The predicted molar refractivity (Wildman–Crippen MR) is 89.5 cm³/mol. The van der Waals surface area contributed by atoms with Crippen molar-refractivity contribution >= 4 is 21.9 Å². The Morgan fingerprint density at radius 2 is 1.96 bits per heavy atom. The van der Waals surface area contributed by atoms with Gasteiger partial charge in [-0.1, -0.05) is 22.0 Å². The van der Waals surface area contributed by atoms with Gasteiger partial charge in [-0.15, -0.1) is 10.2 Å². The minimum absolute atomic E-state index is 0.137. The van der Waals surface area contributed by atoms with Crippen molar-refractivity contribution in [2.75, 3.05) is 7.11 Å². The highest BCUT2D eigenvalue weighted by Gasteiger charge is 2.10. The molecule has 2 aromatic carbocycles. The SMILES string of the molecule is COC(=O)c1ccc(OCc2nnc(-c3cccc(Br)c3)o2)cc1. The fraction of sp³-hybridized carbons (Fsp3) is 0.118. The Hall–Kier alpha value is -2.67. The molecule has 0 aliphatic rings. The normalized spacial score (nSPS) is 10.4. The van der Waals surface area contributed by atoms with Gasteiger partial charge in [0.25, 0.3) is 5.89 Å². The molecule has 122 valence electrons. The summed E-state index contributed by atoms with van der Waals surface area (Å²) >= 11 is 3.40. The van der Waals surface area contributed by atoms with E-state index in [0.717, 1.165) is 10.0 Å². The summed E-state index contributed by atoms with van der Waals surface area (Å²) in [7, 11) is 1.34. The van der Waals surface area contributed by atoms with Crippen LogP contribution in [0.1, 0.15) is 16.2 Å². The molecule has 0 aliphatic carbocycles. The van der Waals surface area contributed by atoms with Crippen LogP contribution in [0.4, 0.5) is 0 Å². The zero-order chi connectivity index (χ0) is 16.9. The summed E-state index contributed by atoms with van der Waals surface area (Å²) in [6.07, 6.45) is 0. The van der Waals surface area contributed by atoms with Crippen molar-refractivity contribution in [1.82, 2.24) is 10.2 Å². The molecule has 3 aromatic rings. The summed E-state index contributed by atoms with van der Waals surface area (Å²) in [6, 6.07) is 14.2. The second kappa shape index (κ2) is 7.27. The van der Waals surface area contributed by atoms with Crippen LogP contribution in [0.15, 0.2) is 57.4 Å². The third-order valence-corrected chi connectivity index (χ3v) is 3.67. The standard InChI is InChI=1S/C17H13BrN2O4/c1-22-17(21)11-5-7-14(8-6-11)23-10-15-19-20-16(24-15)12-3-2-4-13(18)9-12/h2-9H,10H2,1H3. The van der Waals surface area contributed by atoms with Gasteiger partial charge >= 0.3 is 5.97 Å². The van der Waals surface area contributed by atoms with E-state index < -0.39 is 5.97 Å². The number of ether oxygens (including phenoxy) is 2. The molecule has 3 rings (SSSR count). The number of carbonyl (C=O) groups is 1. The Balaban J connectivity index is 1.64. The van der Waals surface area contributed by atoms with Crippen LogP contribution >= 0.6 is 15.9 Å². The summed E-state index contributed by atoms with van der Waals surface area (Å²) in [5.41, 5.74) is 1.28. The van der Waals surface area contributed by atoms with E-state index >= 15 is 0 Å². The molecule has 1 aromatic heterocycles. The van der Waals surface area contributed by atoms with Crippen LogP contribution in [-0.4, -0.2) is 23.3 Å². The zero-order valence-electron chi connectivity index (χ0n) is 12.7. The lowest BCUT2D eigenvalue weighted by atomic mass is 10.2. The van der Waals surface area contributed by atoms with Crippen LogP contribution in [0, 0.1) is 0 Å². The van der Waals surface area contributed by atoms with Crippen LogP contribution in [0.25, 0.3) is 11.5 Å². The molecule has 0 N–H and O–H groups in total. The lowest BCUT2D eigenvalue weighted by Gasteiger charge is -2.04. The molecule has 0 saturated carbocycles. The molecule has 0 amide bonds. The largest absolute Gasteiger partial charge is 0.484 e. The number of methoxy groups -OCH3 is 1. The lowest BCUT2D eigenvalue weighted by Crippen LogP contribution is -2.01. The second-order valence-electron chi connectivity index (χ2n) is 4.82. The molecule has 0 unspecified atom stereocenters. The van der Waals surface area contributed by atoms with Gasteiger partial charge in [-0.3, -0.25) is 0 Å². The third kappa shape index (κ3) is 3.80. The number of benzene rings is 2. The molecule has 0 atom stereocenters. The quantitative estimate of drug-likeness (QED) is 0.617. The van der Waals surface area contributed by atoms with Crippen LogP contribution in [-0.2, 0) is 11.3 Å². The zero-order valence-corrected chi connectivity index (χ0v) is 14.3. The molecular formula is C17H13BrN2O4. The van der Waals surface area contributed by atoms with E-state index in [0.29, 0.717) is 23.1 Å². The molecule has 0 fully saturated rings. The predicted octanol–water partition coefficient (Wildman–Crippen LogP) is 3.86. The van der Waals surface area contributed by atoms with Crippen molar-refractivity contribution < 1.29 is 18.7 Å². The molecule has 1 heterocycles. The van der Waals surface area contributed by atoms with Gasteiger partial charge < -0.3 is 13.9 Å². The molecular weight excluding hydrogens is 376 g/mol. The highest BCUT2D eigenvalue weighted by molar-refractivity contribution is 9.10. The Kier molecular flexibility index (Phi) is 4.90. The maximum absolute atomic E-state index is 11.4. The Bertz CT molecular complexity index is 846. The van der Waals surface area contributed by atoms with Gasteiger partial charge in [0.05, 0.1) is 12.7 Å². The van der Waals surface area contributed by atoms with Gasteiger partial charge in [0.1, 0.15) is 5.75 Å². The van der Waals surface area contributed by atoms with Gasteiger partial charge in [0.2, 0.25) is 5.89 Å². The molecule has 6 nitrogen and oxygen atoms in total. The highest BCUT2D eigenvalue weighted by Crippen LogP contribution is 2.22. The van der Waals surface area contributed by atoms with Crippen LogP contribution in [0.3, 0.4) is 0 Å². The van der Waals surface area contributed by atoms with Gasteiger partial charge in [0.15, 0.2) is 6.61 Å². The van der Waals surface area contributed by atoms with Crippen molar-refractivity contribution in [2.24, 2.45) is 0 Å². The summed E-state index contributed by atoms with van der Waals surface area (Å²) in [5, 5.41) is 7.97. The van der Waals surface area contributed by atoms with Gasteiger partial charge in [0, 0.05) is 10.0 Å². The maximum atomic E-state index is 11.4. The first kappa shape index (κ1) is 16.2. The first-order valence-electron chi connectivity index (χ1n) is 7.05. The minimum atomic E-state index is -0.392. The number of halogens is 1. The molecule has 24 heavy (non-hydrogen) atoms. The van der Waals surface area contributed by atoms with E-state index in [9.17, 15) is 4.79 Å². The van der Waals surface area contributed by atoms with Crippen molar-refractivity contribution in [1.29, 1.82) is 0 Å². The summed E-state index contributed by atoms with van der Waals surface area (Å²) < 4.78 is 16.7. The first-order chi connectivity index (χ1) is 11.7. The van der Waals surface area contributed by atoms with Crippen LogP contribution in [0.2, 0.25) is 0 Å². The Morgan fingerprint density at radius 1 is 1.17 bits per heavy atom. The maximum Gasteiger partial charge on any atom is 0.337 e. The van der Waals surface area contributed by atoms with Crippen molar-refractivity contribution in [3.63, 3.8) is 0 Å². The lowest BCUT2D eigenvalue weighted by molar-refractivity contribution is 0.0600. The topological polar surface area (TPSA) is 74.5 Å². The molecule has 0 radical (unpaired) electrons. The van der Waals surface area contributed by atoms with Crippen molar-refractivity contribution in [3.05, 3.63) is 64.5 Å². The van der Waals surface area contributed by atoms with E-state index in [1.165, 1.54) is 7.11 Å². The Morgan fingerprint density at radius 3 is 2.67 bits per heavy atom. The van der Waals surface area contributed by atoms with Gasteiger partial charge in [-0.25, -0.2) is 4.79 Å². The fourth-order valence-electron chi connectivity index (χ4n) is 2.00. The fourth-order valence-corrected chi connectivity index (χ4v) is 2.40. The monoisotopic (exact) mass is 388 g/mol. The van der Waals surface area contributed by atoms with Crippen LogP contribution in [0.5, 0.6) is 5.75 Å². The molecule has 0 aliphatic heterocycles. The van der Waals surface area contributed by atoms with E-state index in [4.69, 9.17) is 9.15 Å². The average molecular weight is 389 g/mol. The highest BCUT2D eigenvalue weighted by atomic mass is 79.9. The number of rotatable bonds is 5. The number of nitrogens with zero attached hydrogens (tertiary/aromatic N) is 2. The van der Waals surface area contributed by atoms with E-state index in [1.54, 1.807) is 24.3 Å². The molecule has 0 spiro atoms. The third-order valence-electron chi connectivity index (χ3n) is 3.18. The van der Waals surface area contributed by atoms with Crippen LogP contribution < -0.4 is 4.74 Å². The summed E-state index contributed by atoms with van der Waals surface area (Å²) in [5.74, 6) is 0.986. The Labute approximate surface area is 146 Å². The summed E-state index contributed by atoms with van der Waals surface area (Å²) in [6.45, 7) is 0.137. The number of carbonyl (C=O) groups excluding carboxylic acids is 1. The van der Waals surface area contributed by atoms with E-state index in [-0.39, 0.29) is 6.61 Å². The number of esters is 1. The average Bonchev–Trinajstić information content (AvgIpc) is 3.09. The molecule has 7 heteroatoms. The van der Waals surface area contributed by atoms with Crippen molar-refractivity contribution in [2.45, 2.75) is 6.61 Å². The van der Waals surface area contributed by atoms with E-state index in [1.807, 2.05) is 24.3 Å². The number of hydrogen-bond donors (Lipinski definition) is 0. The number of aromatic nitrogens is 2. The number of hydrogen-bond acceptors (Lipinski definition) is 6. The summed E-state index contributed by atoms with van der Waals surface area (Å²) in [4.78, 5) is 11.4. The van der Waals surface area contributed by atoms with E-state index in [2.05, 4.69) is 30.9 Å². The second-order valence-corrected chi connectivity index (χ2v) is 5.73. The smallest absolute Gasteiger partial charge is 0.337 e. The minimum Gasteiger partial charge on any atom is -0.484 e. The van der Waals surface area contributed by atoms with Crippen molar-refractivity contribution in [3.8, 4) is 17.2 Å². The first-order valence-corrected chi connectivity index (χ1v) is 7.84. The molecule has 0 bridgehead atoms. The molecule has 0 saturated heterocycles. The van der Waals surface area contributed by atoms with Gasteiger partial charge in [-0.2, -0.15) is 0 Å². The van der Waals surface area contributed by atoms with Gasteiger partial charge in [-0.05, 0) is 42.5 Å².